The first-order valence-electron chi connectivity index (χ1n) is 10.2. The number of hydrogen-bond acceptors (Lipinski definition) is 5. The molecule has 0 unspecified atom stereocenters. The topological polar surface area (TPSA) is 75.7 Å². The van der Waals surface area contributed by atoms with E-state index in [9.17, 15) is 14.4 Å². The van der Waals surface area contributed by atoms with Gasteiger partial charge in [-0.25, -0.2) is 0 Å². The zero-order valence-electron chi connectivity index (χ0n) is 17.8. The number of carbonyl (C=O) groups is 3. The Labute approximate surface area is 195 Å². The average Bonchev–Trinajstić information content (AvgIpc) is 3.07. The van der Waals surface area contributed by atoms with Crippen molar-refractivity contribution in [2.45, 2.75) is 6.92 Å². The Bertz CT molecular complexity index is 1320. The fourth-order valence-corrected chi connectivity index (χ4v) is 4.24. The molecular weight excluding hydrogens is 436 g/mol. The molecule has 164 valence electrons. The van der Waals surface area contributed by atoms with Crippen molar-refractivity contribution in [3.8, 4) is 18.1 Å². The quantitative estimate of drug-likeness (QED) is 0.425. The molecule has 0 saturated carbocycles. The van der Waals surface area contributed by atoms with Crippen LogP contribution in [-0.2, 0) is 9.59 Å². The monoisotopic (exact) mass is 456 g/mol. The standard InChI is InChI=1S/C26H20N2O4S/c1-3-14-32-22-13-10-18-6-4-5-7-20(18)21(22)15-23-25(30)28(26(31)33-23)16-24(29)27-19-11-8-17(2)9-12-19/h1,4-13,15H,14,16H2,2H3,(H,27,29). The molecule has 1 aliphatic heterocycles. The van der Waals surface area contributed by atoms with Crippen molar-refractivity contribution in [2.24, 2.45) is 0 Å². The predicted octanol–water partition coefficient (Wildman–Crippen LogP) is 4.84. The average molecular weight is 457 g/mol. The fourth-order valence-electron chi connectivity index (χ4n) is 3.42. The first-order valence-corrected chi connectivity index (χ1v) is 11.0. The number of nitrogens with zero attached hydrogens (tertiary/aromatic N) is 1. The van der Waals surface area contributed by atoms with Crippen molar-refractivity contribution in [3.63, 3.8) is 0 Å². The molecule has 0 aromatic heterocycles. The van der Waals surface area contributed by atoms with E-state index in [2.05, 4.69) is 11.2 Å². The van der Waals surface area contributed by atoms with Gasteiger partial charge in [0, 0.05) is 11.3 Å². The van der Waals surface area contributed by atoms with Crippen molar-refractivity contribution in [3.05, 3.63) is 76.7 Å². The van der Waals surface area contributed by atoms with Gasteiger partial charge in [-0.2, -0.15) is 0 Å². The van der Waals surface area contributed by atoms with E-state index in [1.165, 1.54) is 0 Å². The van der Waals surface area contributed by atoms with Crippen molar-refractivity contribution < 1.29 is 19.1 Å². The van der Waals surface area contributed by atoms with Crippen LogP contribution >= 0.6 is 11.8 Å². The molecule has 0 spiro atoms. The fraction of sp³-hybridized carbons (Fsp3) is 0.115. The molecular formula is C26H20N2O4S. The zero-order chi connectivity index (χ0) is 23.4. The summed E-state index contributed by atoms with van der Waals surface area (Å²) in [5.74, 6) is 1.96. The number of carbonyl (C=O) groups excluding carboxylic acids is 3. The minimum atomic E-state index is -0.528. The van der Waals surface area contributed by atoms with Gasteiger partial charge >= 0.3 is 0 Å². The molecule has 1 saturated heterocycles. The summed E-state index contributed by atoms with van der Waals surface area (Å²) in [5, 5.41) is 4.01. The van der Waals surface area contributed by atoms with E-state index in [-0.39, 0.29) is 18.1 Å². The van der Waals surface area contributed by atoms with Gasteiger partial charge in [0.1, 0.15) is 18.9 Å². The molecule has 1 fully saturated rings. The molecule has 6 nitrogen and oxygen atoms in total. The highest BCUT2D eigenvalue weighted by Crippen LogP contribution is 2.36. The second kappa shape index (κ2) is 9.63. The number of ether oxygens (including phenoxy) is 1. The van der Waals surface area contributed by atoms with Crippen molar-refractivity contribution in [1.82, 2.24) is 4.90 Å². The lowest BCUT2D eigenvalue weighted by Crippen LogP contribution is -2.36. The predicted molar refractivity (Wildman–Crippen MR) is 131 cm³/mol. The molecule has 3 aromatic rings. The van der Waals surface area contributed by atoms with Crippen LogP contribution in [0.25, 0.3) is 16.8 Å². The third-order valence-corrected chi connectivity index (χ3v) is 5.94. The van der Waals surface area contributed by atoms with E-state index >= 15 is 0 Å². The van der Waals surface area contributed by atoms with Gasteiger partial charge in [0.15, 0.2) is 0 Å². The van der Waals surface area contributed by atoms with Gasteiger partial charge in [0.05, 0.1) is 4.91 Å². The molecule has 1 N–H and O–H groups in total. The number of terminal acetylenes is 1. The Hall–Kier alpha value is -4.02. The van der Waals surface area contributed by atoms with Gasteiger partial charge in [0.25, 0.3) is 11.1 Å². The third-order valence-electron chi connectivity index (χ3n) is 5.03. The number of imide groups is 1. The number of anilines is 1. The first kappa shape index (κ1) is 22.2. The molecule has 3 amide bonds. The van der Waals surface area contributed by atoms with E-state index in [4.69, 9.17) is 11.2 Å². The number of amides is 3. The summed E-state index contributed by atoms with van der Waals surface area (Å²) in [6.45, 7) is 1.64. The Balaban J connectivity index is 1.59. The van der Waals surface area contributed by atoms with Crippen LogP contribution in [0.15, 0.2) is 65.6 Å². The SMILES string of the molecule is C#CCOc1ccc2ccccc2c1C=C1SC(=O)N(CC(=O)Nc2ccc(C)cc2)C1=O. The number of thioether (sulfide) groups is 1. The van der Waals surface area contributed by atoms with E-state index in [1.807, 2.05) is 49.4 Å². The van der Waals surface area contributed by atoms with E-state index < -0.39 is 17.1 Å². The van der Waals surface area contributed by atoms with Crippen LogP contribution in [0.2, 0.25) is 0 Å². The van der Waals surface area contributed by atoms with Gasteiger partial charge in [0.2, 0.25) is 5.91 Å². The van der Waals surface area contributed by atoms with Crippen LogP contribution in [0, 0.1) is 19.3 Å². The molecule has 0 bridgehead atoms. The van der Waals surface area contributed by atoms with E-state index in [0.29, 0.717) is 17.0 Å². The number of nitrogens with one attached hydrogen (secondary N) is 1. The number of fused-ring (bicyclic) bond motifs is 1. The molecule has 3 aromatic carbocycles. The molecule has 0 radical (unpaired) electrons. The normalized spacial score (nSPS) is 14.5. The van der Waals surface area contributed by atoms with Gasteiger partial charge < -0.3 is 10.1 Å². The Kier molecular flexibility index (Phi) is 6.48. The Morgan fingerprint density at radius 2 is 1.88 bits per heavy atom. The highest BCUT2D eigenvalue weighted by atomic mass is 32.2. The maximum Gasteiger partial charge on any atom is 0.294 e. The van der Waals surface area contributed by atoms with E-state index in [1.54, 1.807) is 24.3 Å². The van der Waals surface area contributed by atoms with Gasteiger partial charge in [-0.15, -0.1) is 6.42 Å². The lowest BCUT2D eigenvalue weighted by molar-refractivity contribution is -0.127. The van der Waals surface area contributed by atoms with Gasteiger partial charge in [-0.3, -0.25) is 19.3 Å². The van der Waals surface area contributed by atoms with Gasteiger partial charge in [-0.1, -0.05) is 53.9 Å². The number of rotatable bonds is 6. The summed E-state index contributed by atoms with van der Waals surface area (Å²) in [7, 11) is 0. The summed E-state index contributed by atoms with van der Waals surface area (Å²) < 4.78 is 5.67. The first-order chi connectivity index (χ1) is 16.0. The second-order valence-electron chi connectivity index (χ2n) is 7.37. The van der Waals surface area contributed by atoms with Crippen molar-refractivity contribution >= 4 is 51.4 Å². The summed E-state index contributed by atoms with van der Waals surface area (Å²) in [4.78, 5) is 39.1. The van der Waals surface area contributed by atoms with Crippen LogP contribution in [0.4, 0.5) is 10.5 Å². The molecule has 4 rings (SSSR count). The summed E-state index contributed by atoms with van der Waals surface area (Å²) in [6.07, 6.45) is 6.95. The van der Waals surface area contributed by atoms with Gasteiger partial charge in [-0.05, 0) is 53.7 Å². The Morgan fingerprint density at radius 3 is 2.64 bits per heavy atom. The molecule has 0 atom stereocenters. The second-order valence-corrected chi connectivity index (χ2v) is 8.37. The maximum atomic E-state index is 13.0. The number of hydrogen-bond donors (Lipinski definition) is 1. The maximum absolute atomic E-state index is 13.0. The summed E-state index contributed by atoms with van der Waals surface area (Å²) >= 11 is 0.791. The molecule has 1 aliphatic rings. The van der Waals surface area contributed by atoms with Crippen LogP contribution < -0.4 is 10.1 Å². The van der Waals surface area contributed by atoms with Crippen LogP contribution in [0.3, 0.4) is 0 Å². The molecule has 33 heavy (non-hydrogen) atoms. The molecule has 0 aliphatic carbocycles. The minimum Gasteiger partial charge on any atom is -0.480 e. The molecule has 7 heteroatoms. The van der Waals surface area contributed by atoms with Crippen molar-refractivity contribution in [1.29, 1.82) is 0 Å². The largest absolute Gasteiger partial charge is 0.480 e. The minimum absolute atomic E-state index is 0.0693. The summed E-state index contributed by atoms with van der Waals surface area (Å²) in [6, 6.07) is 18.6. The Morgan fingerprint density at radius 1 is 1.12 bits per heavy atom. The van der Waals surface area contributed by atoms with Crippen LogP contribution in [0.5, 0.6) is 5.75 Å². The highest BCUT2D eigenvalue weighted by Gasteiger charge is 2.36. The highest BCUT2D eigenvalue weighted by molar-refractivity contribution is 8.18. The third kappa shape index (κ3) is 4.92. The van der Waals surface area contributed by atoms with Crippen LogP contribution in [-0.4, -0.2) is 35.1 Å². The molecule has 1 heterocycles. The smallest absolute Gasteiger partial charge is 0.294 e. The van der Waals surface area contributed by atoms with Crippen molar-refractivity contribution in [2.75, 3.05) is 18.5 Å². The van der Waals surface area contributed by atoms with Crippen LogP contribution in [0.1, 0.15) is 11.1 Å². The summed E-state index contributed by atoms with van der Waals surface area (Å²) in [5.41, 5.74) is 2.31. The lowest BCUT2D eigenvalue weighted by atomic mass is 10.0. The zero-order valence-corrected chi connectivity index (χ0v) is 18.6. The lowest BCUT2D eigenvalue weighted by Gasteiger charge is -2.13. The number of aryl methyl sites for hydroxylation is 1. The number of benzene rings is 3. The van der Waals surface area contributed by atoms with E-state index in [0.717, 1.165) is 33.0 Å².